The largest absolute Gasteiger partial charge is 0.508 e. The number of aromatic hydroxyl groups is 3. The van der Waals surface area contributed by atoms with E-state index in [4.69, 9.17) is 4.42 Å². The van der Waals surface area contributed by atoms with Gasteiger partial charge in [-0.05, 0) is 70.4 Å². The Morgan fingerprint density at radius 3 is 2.37 bits per heavy atom. The smallest absolute Gasteiger partial charge is 0.138 e. The second kappa shape index (κ2) is 8.42. The minimum Gasteiger partial charge on any atom is -0.508 e. The van der Waals surface area contributed by atoms with Crippen molar-refractivity contribution < 1.29 is 29.9 Å². The average molecular weight is 412 g/mol. The van der Waals surface area contributed by atoms with E-state index in [2.05, 4.69) is 0 Å². The summed E-state index contributed by atoms with van der Waals surface area (Å²) in [6, 6.07) is 9.65. The van der Waals surface area contributed by atoms with E-state index >= 15 is 0 Å². The zero-order valence-corrected chi connectivity index (χ0v) is 17.4. The Kier molecular flexibility index (Phi) is 6.10. The number of allylic oxidation sites excluding steroid dienone is 2. The van der Waals surface area contributed by atoms with Gasteiger partial charge >= 0.3 is 0 Å². The fourth-order valence-electron chi connectivity index (χ4n) is 3.25. The molecule has 0 unspecified atom stereocenters. The van der Waals surface area contributed by atoms with Gasteiger partial charge in [0, 0.05) is 22.6 Å². The Bertz CT molecular complexity index is 1050. The van der Waals surface area contributed by atoms with E-state index in [0.29, 0.717) is 41.7 Å². The quantitative estimate of drug-likeness (QED) is 0.362. The average Bonchev–Trinajstić information content (AvgIpc) is 3.07. The molecule has 160 valence electrons. The van der Waals surface area contributed by atoms with E-state index in [9.17, 15) is 25.5 Å². The lowest BCUT2D eigenvalue weighted by Gasteiger charge is -2.24. The van der Waals surface area contributed by atoms with Crippen LogP contribution in [0.25, 0.3) is 22.3 Å². The molecule has 3 rings (SSSR count). The minimum atomic E-state index is -1.15. The molecular formula is C24H28O6. The number of aliphatic hydroxyl groups excluding tert-OH is 1. The fourth-order valence-corrected chi connectivity index (χ4v) is 3.25. The topological polar surface area (TPSA) is 114 Å². The second-order valence-electron chi connectivity index (χ2n) is 8.29. The molecule has 0 aliphatic carbocycles. The summed E-state index contributed by atoms with van der Waals surface area (Å²) >= 11 is 0. The highest BCUT2D eigenvalue weighted by Crippen LogP contribution is 2.37. The van der Waals surface area contributed by atoms with Crippen LogP contribution in [0.5, 0.6) is 17.2 Å². The summed E-state index contributed by atoms with van der Waals surface area (Å²) in [6.07, 6.45) is 2.40. The number of rotatable bonds is 7. The molecule has 0 fully saturated rings. The number of benzene rings is 2. The first-order chi connectivity index (χ1) is 14.0. The number of hydrogen-bond acceptors (Lipinski definition) is 6. The second-order valence-corrected chi connectivity index (χ2v) is 8.29. The lowest BCUT2D eigenvalue weighted by atomic mass is 9.95. The molecule has 30 heavy (non-hydrogen) atoms. The van der Waals surface area contributed by atoms with E-state index in [1.54, 1.807) is 32.0 Å². The van der Waals surface area contributed by atoms with Gasteiger partial charge in [-0.1, -0.05) is 11.6 Å². The molecule has 3 aromatic rings. The molecule has 5 N–H and O–H groups in total. The number of fused-ring (bicyclic) bond motifs is 1. The number of phenolic OH excluding ortho intramolecular Hbond substituents is 3. The molecule has 6 heteroatoms. The molecular weight excluding hydrogens is 384 g/mol. The first-order valence-electron chi connectivity index (χ1n) is 9.88. The molecule has 0 amide bonds. The molecule has 6 nitrogen and oxygen atoms in total. The van der Waals surface area contributed by atoms with Crippen molar-refractivity contribution in [3.05, 3.63) is 53.6 Å². The monoisotopic (exact) mass is 412 g/mol. The third kappa shape index (κ3) is 4.96. The number of furan rings is 1. The van der Waals surface area contributed by atoms with Gasteiger partial charge in [-0.3, -0.25) is 0 Å². The van der Waals surface area contributed by atoms with Crippen LogP contribution in [0.1, 0.15) is 39.2 Å². The molecule has 0 aliphatic rings. The molecule has 0 radical (unpaired) electrons. The van der Waals surface area contributed by atoms with Gasteiger partial charge in [0.2, 0.25) is 0 Å². The SMILES string of the molecule is CC(=CCc1c(O)cc(-c2cc3ccc(O)cc3o2)cc1O)CC[C@H](O)C(C)(C)O. The summed E-state index contributed by atoms with van der Waals surface area (Å²) in [5.74, 6) is 0.476. The van der Waals surface area contributed by atoms with Crippen LogP contribution in [0, 0.1) is 0 Å². The summed E-state index contributed by atoms with van der Waals surface area (Å²) in [7, 11) is 0. The van der Waals surface area contributed by atoms with Gasteiger partial charge in [0.1, 0.15) is 28.6 Å². The maximum Gasteiger partial charge on any atom is 0.138 e. The Morgan fingerprint density at radius 1 is 1.07 bits per heavy atom. The third-order valence-corrected chi connectivity index (χ3v) is 5.27. The summed E-state index contributed by atoms with van der Waals surface area (Å²) in [4.78, 5) is 0. The van der Waals surface area contributed by atoms with Crippen molar-refractivity contribution in [2.45, 2.75) is 51.7 Å². The summed E-state index contributed by atoms with van der Waals surface area (Å²) in [6.45, 7) is 5.04. The summed E-state index contributed by atoms with van der Waals surface area (Å²) in [5.41, 5.74) is 1.27. The van der Waals surface area contributed by atoms with Gasteiger partial charge < -0.3 is 29.9 Å². The van der Waals surface area contributed by atoms with E-state index in [0.717, 1.165) is 11.0 Å². The first kappa shape index (κ1) is 21.7. The van der Waals surface area contributed by atoms with Crippen molar-refractivity contribution >= 4 is 11.0 Å². The normalized spacial score (nSPS) is 13.7. The zero-order chi connectivity index (χ0) is 22.1. The van der Waals surface area contributed by atoms with Crippen LogP contribution >= 0.6 is 0 Å². The van der Waals surface area contributed by atoms with Gasteiger partial charge in [-0.25, -0.2) is 0 Å². The van der Waals surface area contributed by atoms with Crippen molar-refractivity contribution in [1.82, 2.24) is 0 Å². The van der Waals surface area contributed by atoms with Gasteiger partial charge in [-0.2, -0.15) is 0 Å². The molecule has 0 bridgehead atoms. The van der Waals surface area contributed by atoms with Gasteiger partial charge in [0.15, 0.2) is 0 Å². The lowest BCUT2D eigenvalue weighted by Crippen LogP contribution is -2.35. The van der Waals surface area contributed by atoms with Crippen molar-refractivity contribution in [3.8, 4) is 28.6 Å². The van der Waals surface area contributed by atoms with Gasteiger partial charge in [-0.15, -0.1) is 0 Å². The standard InChI is InChI=1S/C24H28O6/c1-14(5-9-23(28)24(2,3)29)4-8-18-19(26)10-16(11-20(18)27)21-12-15-6-7-17(25)13-22(15)30-21/h4,6-7,10-13,23,25-29H,5,8-9H2,1-3H3/t23-/m0/s1. The lowest BCUT2D eigenvalue weighted by molar-refractivity contribution is -0.0509. The van der Waals surface area contributed by atoms with E-state index in [1.165, 1.54) is 18.2 Å². The van der Waals surface area contributed by atoms with Crippen LogP contribution in [0.4, 0.5) is 0 Å². The van der Waals surface area contributed by atoms with Crippen molar-refractivity contribution in [2.75, 3.05) is 0 Å². The Labute approximate surface area is 175 Å². The highest BCUT2D eigenvalue weighted by atomic mass is 16.3. The Morgan fingerprint density at radius 2 is 1.73 bits per heavy atom. The number of hydrogen-bond donors (Lipinski definition) is 5. The van der Waals surface area contributed by atoms with Crippen molar-refractivity contribution in [1.29, 1.82) is 0 Å². The highest BCUT2D eigenvalue weighted by molar-refractivity contribution is 5.84. The Balaban J connectivity index is 1.75. The van der Waals surface area contributed by atoms with Crippen LogP contribution in [0.3, 0.4) is 0 Å². The van der Waals surface area contributed by atoms with Gasteiger partial charge in [0.25, 0.3) is 0 Å². The molecule has 2 aromatic carbocycles. The maximum atomic E-state index is 10.4. The number of phenols is 3. The third-order valence-electron chi connectivity index (χ3n) is 5.27. The molecule has 1 heterocycles. The first-order valence-corrected chi connectivity index (χ1v) is 9.88. The van der Waals surface area contributed by atoms with E-state index in [-0.39, 0.29) is 17.2 Å². The fraction of sp³-hybridized carbons (Fsp3) is 0.333. The Hall–Kier alpha value is -2.96. The summed E-state index contributed by atoms with van der Waals surface area (Å²) < 4.78 is 5.73. The highest BCUT2D eigenvalue weighted by Gasteiger charge is 2.23. The van der Waals surface area contributed by atoms with Crippen LogP contribution in [0.2, 0.25) is 0 Å². The molecule has 0 spiro atoms. The molecule has 1 aromatic heterocycles. The van der Waals surface area contributed by atoms with Crippen molar-refractivity contribution in [2.24, 2.45) is 0 Å². The van der Waals surface area contributed by atoms with Crippen molar-refractivity contribution in [3.63, 3.8) is 0 Å². The van der Waals surface area contributed by atoms with E-state index in [1.807, 2.05) is 13.0 Å². The molecule has 1 atom stereocenters. The maximum absolute atomic E-state index is 10.4. The predicted octanol–water partition coefficient (Wildman–Crippen LogP) is 4.62. The molecule has 0 aliphatic heterocycles. The number of aliphatic hydroxyl groups is 2. The summed E-state index contributed by atoms with van der Waals surface area (Å²) in [5, 5.41) is 51.0. The molecule has 0 saturated heterocycles. The minimum absolute atomic E-state index is 0.0473. The van der Waals surface area contributed by atoms with Gasteiger partial charge in [0.05, 0.1) is 11.7 Å². The molecule has 0 saturated carbocycles. The van der Waals surface area contributed by atoms with Crippen LogP contribution in [0.15, 0.2) is 52.5 Å². The zero-order valence-electron chi connectivity index (χ0n) is 17.4. The van der Waals surface area contributed by atoms with Crippen LogP contribution in [-0.2, 0) is 6.42 Å². The van der Waals surface area contributed by atoms with Crippen LogP contribution in [-0.4, -0.2) is 37.2 Å². The van der Waals surface area contributed by atoms with E-state index < -0.39 is 11.7 Å². The van der Waals surface area contributed by atoms with Crippen LogP contribution < -0.4 is 0 Å². The predicted molar refractivity (Wildman–Crippen MR) is 116 cm³/mol.